The Kier molecular flexibility index (Phi) is 3.91. The van der Waals surface area contributed by atoms with E-state index in [-0.39, 0.29) is 0 Å². The second-order valence-corrected chi connectivity index (χ2v) is 4.52. The molecule has 0 spiro atoms. The van der Waals surface area contributed by atoms with Crippen LogP contribution >= 0.6 is 0 Å². The van der Waals surface area contributed by atoms with Crippen molar-refractivity contribution in [2.24, 2.45) is 0 Å². The number of piperidine rings is 1. The maximum Gasteiger partial charge on any atom is 0.0595 e. The first-order chi connectivity index (χ1) is 7.78. The predicted molar refractivity (Wildman–Crippen MR) is 64.3 cm³/mol. The first-order valence-corrected chi connectivity index (χ1v) is 5.94. The number of aromatic nitrogens is 1. The zero-order valence-electron chi connectivity index (χ0n) is 10.1. The van der Waals surface area contributed by atoms with Gasteiger partial charge in [-0.2, -0.15) is 0 Å². The SMILES string of the molecule is COC1CCN(Cc2ccc(C)nc2)CC1. The van der Waals surface area contributed by atoms with Gasteiger partial charge in [0.1, 0.15) is 0 Å². The fraction of sp³-hybridized carbons (Fsp3) is 0.615. The fourth-order valence-corrected chi connectivity index (χ4v) is 2.15. The zero-order valence-corrected chi connectivity index (χ0v) is 10.1. The molecule has 0 bridgehead atoms. The van der Waals surface area contributed by atoms with E-state index in [1.165, 1.54) is 5.56 Å². The van der Waals surface area contributed by atoms with Crippen LogP contribution in [0.2, 0.25) is 0 Å². The van der Waals surface area contributed by atoms with Crippen molar-refractivity contribution in [2.45, 2.75) is 32.4 Å². The summed E-state index contributed by atoms with van der Waals surface area (Å²) in [7, 11) is 1.81. The highest BCUT2D eigenvalue weighted by Crippen LogP contribution is 2.15. The van der Waals surface area contributed by atoms with Gasteiger partial charge in [-0.15, -0.1) is 0 Å². The van der Waals surface area contributed by atoms with E-state index in [1.807, 2.05) is 20.2 Å². The molecule has 0 saturated carbocycles. The normalized spacial score (nSPS) is 18.9. The summed E-state index contributed by atoms with van der Waals surface area (Å²) in [6, 6.07) is 4.25. The molecule has 1 saturated heterocycles. The third kappa shape index (κ3) is 3.03. The molecule has 0 N–H and O–H groups in total. The minimum Gasteiger partial charge on any atom is -0.381 e. The fourth-order valence-electron chi connectivity index (χ4n) is 2.15. The van der Waals surface area contributed by atoms with E-state index >= 15 is 0 Å². The Labute approximate surface area is 97.4 Å². The number of rotatable bonds is 3. The Morgan fingerprint density at radius 2 is 2.12 bits per heavy atom. The molecule has 2 rings (SSSR count). The van der Waals surface area contributed by atoms with E-state index in [0.717, 1.165) is 38.2 Å². The molecule has 0 amide bonds. The molecule has 0 aromatic carbocycles. The number of hydrogen-bond donors (Lipinski definition) is 0. The van der Waals surface area contributed by atoms with Gasteiger partial charge in [-0.05, 0) is 31.4 Å². The van der Waals surface area contributed by atoms with Gasteiger partial charge in [-0.25, -0.2) is 0 Å². The van der Waals surface area contributed by atoms with E-state index in [4.69, 9.17) is 4.74 Å². The van der Waals surface area contributed by atoms with Gasteiger partial charge in [0.05, 0.1) is 6.10 Å². The lowest BCUT2D eigenvalue weighted by Crippen LogP contribution is -2.36. The molecule has 1 fully saturated rings. The highest BCUT2D eigenvalue weighted by molar-refractivity contribution is 5.13. The van der Waals surface area contributed by atoms with Crippen LogP contribution in [0.4, 0.5) is 0 Å². The molecule has 16 heavy (non-hydrogen) atoms. The standard InChI is InChI=1S/C13H20N2O/c1-11-3-4-12(9-14-11)10-15-7-5-13(16-2)6-8-15/h3-4,9,13H,5-8,10H2,1-2H3. The lowest BCUT2D eigenvalue weighted by atomic mass is 10.1. The average Bonchev–Trinajstić information content (AvgIpc) is 2.33. The Hall–Kier alpha value is -0.930. The van der Waals surface area contributed by atoms with Crippen LogP contribution in [0.3, 0.4) is 0 Å². The van der Waals surface area contributed by atoms with E-state index in [1.54, 1.807) is 0 Å². The van der Waals surface area contributed by atoms with Crippen LogP contribution in [-0.2, 0) is 11.3 Å². The number of likely N-dealkylation sites (tertiary alicyclic amines) is 1. The molecule has 1 aliphatic heterocycles. The van der Waals surface area contributed by atoms with E-state index < -0.39 is 0 Å². The summed E-state index contributed by atoms with van der Waals surface area (Å²) in [5.41, 5.74) is 2.39. The number of aryl methyl sites for hydroxylation is 1. The van der Waals surface area contributed by atoms with Crippen molar-refractivity contribution in [3.8, 4) is 0 Å². The van der Waals surface area contributed by atoms with Crippen molar-refractivity contribution in [1.29, 1.82) is 0 Å². The molecule has 0 atom stereocenters. The minimum atomic E-state index is 0.465. The zero-order chi connectivity index (χ0) is 11.4. The number of nitrogens with zero attached hydrogens (tertiary/aromatic N) is 2. The Balaban J connectivity index is 1.84. The number of pyridine rings is 1. The van der Waals surface area contributed by atoms with Crippen LogP contribution in [0.25, 0.3) is 0 Å². The van der Waals surface area contributed by atoms with Gasteiger partial charge in [-0.1, -0.05) is 6.07 Å². The summed E-state index contributed by atoms with van der Waals surface area (Å²) < 4.78 is 5.37. The molecule has 1 aromatic rings. The molecule has 0 unspecified atom stereocenters. The lowest BCUT2D eigenvalue weighted by molar-refractivity contribution is 0.0388. The van der Waals surface area contributed by atoms with Crippen LogP contribution in [-0.4, -0.2) is 36.2 Å². The quantitative estimate of drug-likeness (QED) is 0.779. The van der Waals surface area contributed by atoms with Crippen molar-refractivity contribution < 1.29 is 4.74 Å². The maximum absolute atomic E-state index is 5.37. The van der Waals surface area contributed by atoms with Crippen LogP contribution in [0.1, 0.15) is 24.1 Å². The smallest absolute Gasteiger partial charge is 0.0595 e. The summed E-state index contributed by atoms with van der Waals surface area (Å²) in [4.78, 5) is 6.80. The number of ether oxygens (including phenoxy) is 1. The van der Waals surface area contributed by atoms with Gasteiger partial charge < -0.3 is 4.74 Å². The Morgan fingerprint density at radius 1 is 1.38 bits per heavy atom. The monoisotopic (exact) mass is 220 g/mol. The Bertz CT molecular complexity index is 315. The molecule has 1 aliphatic rings. The Morgan fingerprint density at radius 3 is 2.69 bits per heavy atom. The van der Waals surface area contributed by atoms with Gasteiger partial charge >= 0.3 is 0 Å². The molecule has 0 radical (unpaired) electrons. The highest BCUT2D eigenvalue weighted by atomic mass is 16.5. The van der Waals surface area contributed by atoms with E-state index in [2.05, 4.69) is 22.0 Å². The summed E-state index contributed by atoms with van der Waals surface area (Å²) >= 11 is 0. The van der Waals surface area contributed by atoms with Gasteiger partial charge in [0.15, 0.2) is 0 Å². The van der Waals surface area contributed by atoms with Gasteiger partial charge in [0, 0.05) is 38.6 Å². The summed E-state index contributed by atoms with van der Waals surface area (Å²) in [5, 5.41) is 0. The van der Waals surface area contributed by atoms with Crippen molar-refractivity contribution in [3.05, 3.63) is 29.6 Å². The maximum atomic E-state index is 5.37. The number of methoxy groups -OCH3 is 1. The first-order valence-electron chi connectivity index (χ1n) is 5.94. The molecule has 2 heterocycles. The second kappa shape index (κ2) is 5.41. The minimum absolute atomic E-state index is 0.465. The highest BCUT2D eigenvalue weighted by Gasteiger charge is 2.18. The van der Waals surface area contributed by atoms with Crippen molar-refractivity contribution in [3.63, 3.8) is 0 Å². The first kappa shape index (κ1) is 11.6. The van der Waals surface area contributed by atoms with Gasteiger partial charge in [0.25, 0.3) is 0 Å². The molecule has 0 aliphatic carbocycles. The topological polar surface area (TPSA) is 25.4 Å². The third-order valence-corrected chi connectivity index (χ3v) is 3.25. The summed E-state index contributed by atoms with van der Waals surface area (Å²) in [6.45, 7) is 5.30. The van der Waals surface area contributed by atoms with Crippen LogP contribution < -0.4 is 0 Å². The average molecular weight is 220 g/mol. The molecule has 88 valence electrons. The second-order valence-electron chi connectivity index (χ2n) is 4.52. The van der Waals surface area contributed by atoms with Crippen molar-refractivity contribution in [1.82, 2.24) is 9.88 Å². The van der Waals surface area contributed by atoms with Crippen LogP contribution in [0.5, 0.6) is 0 Å². The molecule has 3 heteroatoms. The van der Waals surface area contributed by atoms with E-state index in [9.17, 15) is 0 Å². The van der Waals surface area contributed by atoms with Crippen molar-refractivity contribution in [2.75, 3.05) is 20.2 Å². The third-order valence-electron chi connectivity index (χ3n) is 3.25. The summed E-state index contributed by atoms with van der Waals surface area (Å²) in [6.07, 6.45) is 4.75. The van der Waals surface area contributed by atoms with Gasteiger partial charge in [0.2, 0.25) is 0 Å². The van der Waals surface area contributed by atoms with Crippen molar-refractivity contribution >= 4 is 0 Å². The summed E-state index contributed by atoms with van der Waals surface area (Å²) in [5.74, 6) is 0. The van der Waals surface area contributed by atoms with E-state index in [0.29, 0.717) is 6.10 Å². The lowest BCUT2D eigenvalue weighted by Gasteiger charge is -2.31. The molecular weight excluding hydrogens is 200 g/mol. The molecule has 3 nitrogen and oxygen atoms in total. The largest absolute Gasteiger partial charge is 0.381 e. The van der Waals surface area contributed by atoms with Crippen LogP contribution in [0, 0.1) is 6.92 Å². The van der Waals surface area contributed by atoms with Gasteiger partial charge in [-0.3, -0.25) is 9.88 Å². The molecule has 1 aromatic heterocycles. The predicted octanol–water partition coefficient (Wildman–Crippen LogP) is 2.00. The molecular formula is C13H20N2O. The number of hydrogen-bond acceptors (Lipinski definition) is 3. The van der Waals surface area contributed by atoms with Crippen LogP contribution in [0.15, 0.2) is 18.3 Å².